The first kappa shape index (κ1) is 16.3. The van der Waals surface area contributed by atoms with Crippen LogP contribution >= 0.6 is 0 Å². The highest BCUT2D eigenvalue weighted by atomic mass is 16.6. The lowest BCUT2D eigenvalue weighted by Gasteiger charge is -2.21. The molecule has 1 atom stereocenters. The zero-order chi connectivity index (χ0) is 18.1. The molecule has 134 valence electrons. The van der Waals surface area contributed by atoms with Crippen molar-refractivity contribution in [2.24, 2.45) is 0 Å². The quantitative estimate of drug-likeness (QED) is 0.751. The number of benzene rings is 1. The average Bonchev–Trinajstić information content (AvgIpc) is 3.30. The van der Waals surface area contributed by atoms with Gasteiger partial charge >= 0.3 is 0 Å². The van der Waals surface area contributed by atoms with Gasteiger partial charge in [0.1, 0.15) is 24.7 Å². The van der Waals surface area contributed by atoms with Crippen LogP contribution in [0.4, 0.5) is 0 Å². The third-order valence-electron chi connectivity index (χ3n) is 4.23. The van der Waals surface area contributed by atoms with E-state index >= 15 is 0 Å². The van der Waals surface area contributed by atoms with Gasteiger partial charge in [-0.25, -0.2) is 0 Å². The van der Waals surface area contributed by atoms with Crippen molar-refractivity contribution in [1.29, 1.82) is 0 Å². The Bertz CT molecular complexity index is 944. The normalized spacial score (nSPS) is 14.1. The molecule has 4 rings (SSSR count). The fourth-order valence-electron chi connectivity index (χ4n) is 2.83. The number of carbonyl (C=O) groups excluding carboxylic acids is 1. The van der Waals surface area contributed by atoms with Crippen molar-refractivity contribution in [2.45, 2.75) is 19.9 Å². The number of aryl methyl sites for hydroxylation is 1. The molecule has 0 aliphatic carbocycles. The molecule has 2 aromatic heterocycles. The van der Waals surface area contributed by atoms with Gasteiger partial charge in [0.25, 0.3) is 5.91 Å². The molecule has 26 heavy (non-hydrogen) atoms. The molecule has 2 N–H and O–H groups in total. The molecule has 1 aromatic carbocycles. The maximum atomic E-state index is 12.5. The maximum absolute atomic E-state index is 12.5. The van der Waals surface area contributed by atoms with Crippen molar-refractivity contribution in [3.8, 4) is 23.0 Å². The summed E-state index contributed by atoms with van der Waals surface area (Å²) < 4.78 is 16.6. The number of fused-ring (bicyclic) bond motifs is 1. The largest absolute Gasteiger partial charge is 0.486 e. The van der Waals surface area contributed by atoms with Crippen LogP contribution in [0.1, 0.15) is 34.8 Å². The molecule has 1 amide bonds. The Morgan fingerprint density at radius 2 is 1.96 bits per heavy atom. The van der Waals surface area contributed by atoms with Crippen LogP contribution < -0.4 is 14.8 Å². The third kappa shape index (κ3) is 3.15. The monoisotopic (exact) mass is 353 g/mol. The summed E-state index contributed by atoms with van der Waals surface area (Å²) >= 11 is 0. The van der Waals surface area contributed by atoms with E-state index in [1.54, 1.807) is 6.07 Å². The minimum absolute atomic E-state index is 0.204. The van der Waals surface area contributed by atoms with Gasteiger partial charge < -0.3 is 19.2 Å². The van der Waals surface area contributed by atoms with Gasteiger partial charge in [0.05, 0.1) is 6.04 Å². The highest BCUT2D eigenvalue weighted by molar-refractivity contribution is 5.93. The fraction of sp³-hybridized carbons (Fsp3) is 0.263. The highest BCUT2D eigenvalue weighted by Gasteiger charge is 2.18. The lowest BCUT2D eigenvalue weighted by Crippen LogP contribution is -2.27. The van der Waals surface area contributed by atoms with Crippen LogP contribution in [0.15, 0.2) is 40.8 Å². The van der Waals surface area contributed by atoms with Crippen LogP contribution in [0.2, 0.25) is 0 Å². The number of ether oxygens (including phenoxy) is 2. The zero-order valence-electron chi connectivity index (χ0n) is 14.5. The lowest BCUT2D eigenvalue weighted by atomic mass is 10.1. The van der Waals surface area contributed by atoms with E-state index in [1.807, 2.05) is 44.2 Å². The molecule has 1 aliphatic heterocycles. The van der Waals surface area contributed by atoms with E-state index in [2.05, 4.69) is 15.5 Å². The van der Waals surface area contributed by atoms with Crippen molar-refractivity contribution >= 4 is 5.91 Å². The van der Waals surface area contributed by atoms with Crippen molar-refractivity contribution < 1.29 is 18.7 Å². The first-order valence-corrected chi connectivity index (χ1v) is 8.43. The molecule has 3 heterocycles. The fourth-order valence-corrected chi connectivity index (χ4v) is 2.83. The van der Waals surface area contributed by atoms with Crippen molar-refractivity contribution in [3.63, 3.8) is 0 Å². The van der Waals surface area contributed by atoms with Crippen molar-refractivity contribution in [1.82, 2.24) is 15.5 Å². The zero-order valence-corrected chi connectivity index (χ0v) is 14.5. The highest BCUT2D eigenvalue weighted by Crippen LogP contribution is 2.32. The van der Waals surface area contributed by atoms with Crippen LogP contribution in [-0.4, -0.2) is 29.3 Å². The molecule has 7 nitrogen and oxygen atoms in total. The van der Waals surface area contributed by atoms with Gasteiger partial charge in [0.2, 0.25) is 0 Å². The van der Waals surface area contributed by atoms with Gasteiger partial charge in [-0.3, -0.25) is 9.89 Å². The summed E-state index contributed by atoms with van der Waals surface area (Å²) in [5, 5.41) is 9.85. The van der Waals surface area contributed by atoms with Crippen molar-refractivity contribution in [3.05, 3.63) is 53.4 Å². The summed E-state index contributed by atoms with van der Waals surface area (Å²) in [6.07, 6.45) is 0. The number of nitrogens with zero attached hydrogens (tertiary/aromatic N) is 1. The molecular weight excluding hydrogens is 334 g/mol. The molecule has 3 aromatic rings. The van der Waals surface area contributed by atoms with Gasteiger partial charge in [0.15, 0.2) is 23.0 Å². The lowest BCUT2D eigenvalue weighted by molar-refractivity contribution is 0.0934. The number of hydrogen-bond acceptors (Lipinski definition) is 5. The summed E-state index contributed by atoms with van der Waals surface area (Å²) in [7, 11) is 0. The first-order valence-electron chi connectivity index (χ1n) is 8.43. The molecule has 0 fully saturated rings. The molecule has 0 bridgehead atoms. The maximum Gasteiger partial charge on any atom is 0.272 e. The Kier molecular flexibility index (Phi) is 4.12. The minimum Gasteiger partial charge on any atom is -0.486 e. The Balaban J connectivity index is 1.47. The van der Waals surface area contributed by atoms with Crippen LogP contribution in [0.25, 0.3) is 11.5 Å². The molecule has 0 saturated carbocycles. The second kappa shape index (κ2) is 6.59. The van der Waals surface area contributed by atoms with Gasteiger partial charge in [-0.15, -0.1) is 0 Å². The summed E-state index contributed by atoms with van der Waals surface area (Å²) in [5.74, 6) is 2.61. The van der Waals surface area contributed by atoms with E-state index in [0.717, 1.165) is 17.1 Å². The predicted molar refractivity (Wildman–Crippen MR) is 94.3 cm³/mol. The number of H-pyrrole nitrogens is 1. The molecule has 0 saturated heterocycles. The average molecular weight is 353 g/mol. The number of hydrogen-bond donors (Lipinski definition) is 2. The number of aromatic amines is 1. The molecule has 1 unspecified atom stereocenters. The Hall–Kier alpha value is -3.22. The first-order chi connectivity index (χ1) is 12.6. The smallest absolute Gasteiger partial charge is 0.272 e. The predicted octanol–water partition coefficient (Wildman–Crippen LogP) is 3.24. The van der Waals surface area contributed by atoms with Crippen LogP contribution in [-0.2, 0) is 0 Å². The summed E-state index contributed by atoms with van der Waals surface area (Å²) in [5.41, 5.74) is 1.90. The van der Waals surface area contributed by atoms with Crippen LogP contribution in [0, 0.1) is 6.92 Å². The molecule has 7 heteroatoms. The van der Waals surface area contributed by atoms with E-state index in [-0.39, 0.29) is 11.9 Å². The third-order valence-corrected chi connectivity index (χ3v) is 4.23. The molecule has 0 spiro atoms. The number of amides is 1. The van der Waals surface area contributed by atoms with E-state index in [4.69, 9.17) is 13.9 Å². The number of aromatic nitrogens is 2. The standard InChI is InChI=1S/C19H19N3O4/c1-11-3-5-16(26-11)14-10-15(22-21-14)19(23)20-12(2)13-4-6-17-18(9-13)25-8-7-24-17/h3-6,9-10,12H,7-8H2,1-2H3,(H,20,23)(H,21,22). The number of furan rings is 1. The van der Waals surface area contributed by atoms with E-state index in [9.17, 15) is 4.79 Å². The van der Waals surface area contributed by atoms with Crippen LogP contribution in [0.5, 0.6) is 11.5 Å². The van der Waals surface area contributed by atoms with Crippen LogP contribution in [0.3, 0.4) is 0 Å². The Morgan fingerprint density at radius 3 is 2.73 bits per heavy atom. The van der Waals surface area contributed by atoms with Gasteiger partial charge in [-0.05, 0) is 43.7 Å². The van der Waals surface area contributed by atoms with E-state index in [0.29, 0.717) is 36.1 Å². The van der Waals surface area contributed by atoms with Gasteiger partial charge in [-0.2, -0.15) is 5.10 Å². The topological polar surface area (TPSA) is 89.4 Å². The van der Waals surface area contributed by atoms with E-state index < -0.39 is 0 Å². The summed E-state index contributed by atoms with van der Waals surface area (Å²) in [4.78, 5) is 12.5. The number of carbonyl (C=O) groups is 1. The summed E-state index contributed by atoms with van der Waals surface area (Å²) in [6, 6.07) is 10.8. The minimum atomic E-state index is -0.266. The Labute approximate surface area is 150 Å². The molecule has 0 radical (unpaired) electrons. The second-order valence-corrected chi connectivity index (χ2v) is 6.18. The number of rotatable bonds is 4. The van der Waals surface area contributed by atoms with Gasteiger partial charge in [-0.1, -0.05) is 6.07 Å². The SMILES string of the molecule is Cc1ccc(-c2cc(C(=O)NC(C)c3ccc4c(c3)OCCO4)n[nH]2)o1. The molecule has 1 aliphatic rings. The second-order valence-electron chi connectivity index (χ2n) is 6.18. The summed E-state index contributed by atoms with van der Waals surface area (Å²) in [6.45, 7) is 4.85. The number of nitrogens with one attached hydrogen (secondary N) is 2. The van der Waals surface area contributed by atoms with E-state index in [1.165, 1.54) is 0 Å². The van der Waals surface area contributed by atoms with Crippen molar-refractivity contribution in [2.75, 3.05) is 13.2 Å². The van der Waals surface area contributed by atoms with Gasteiger partial charge in [0, 0.05) is 6.07 Å². The molecular formula is C19H19N3O4. The Morgan fingerprint density at radius 1 is 1.15 bits per heavy atom.